The van der Waals surface area contributed by atoms with E-state index in [9.17, 15) is 0 Å². The first-order valence-corrected chi connectivity index (χ1v) is 8.96. The molecule has 0 radical (unpaired) electrons. The number of nitrogens with one attached hydrogen (secondary N) is 1. The SMILES string of the molecule is CN=C(NCc1noc(C)n1)N1CCN(c2ncc(Br)c(OC)n2)CC1. The molecular weight excluding hydrogens is 404 g/mol. The lowest BCUT2D eigenvalue weighted by molar-refractivity contribution is 0.364. The summed E-state index contributed by atoms with van der Waals surface area (Å²) < 4.78 is 11.0. The Bertz CT molecular complexity index is 773. The molecule has 140 valence electrons. The van der Waals surface area contributed by atoms with Crippen molar-refractivity contribution in [1.82, 2.24) is 30.3 Å². The van der Waals surface area contributed by atoms with E-state index in [1.54, 1.807) is 27.3 Å². The van der Waals surface area contributed by atoms with Crippen molar-refractivity contribution in [3.63, 3.8) is 0 Å². The highest BCUT2D eigenvalue weighted by Gasteiger charge is 2.22. The van der Waals surface area contributed by atoms with Crippen molar-refractivity contribution in [2.45, 2.75) is 13.5 Å². The summed E-state index contributed by atoms with van der Waals surface area (Å²) in [6.45, 7) is 5.40. The second-order valence-electron chi connectivity index (χ2n) is 5.63. The first-order chi connectivity index (χ1) is 12.6. The number of aryl methyl sites for hydroxylation is 1. The third-order valence-corrected chi connectivity index (χ3v) is 4.48. The van der Waals surface area contributed by atoms with Crippen LogP contribution in [0.4, 0.5) is 5.95 Å². The van der Waals surface area contributed by atoms with E-state index in [4.69, 9.17) is 9.26 Å². The molecule has 0 spiro atoms. The van der Waals surface area contributed by atoms with Gasteiger partial charge in [0.25, 0.3) is 0 Å². The van der Waals surface area contributed by atoms with Crippen molar-refractivity contribution in [2.24, 2.45) is 4.99 Å². The zero-order chi connectivity index (χ0) is 18.5. The summed E-state index contributed by atoms with van der Waals surface area (Å²) in [7, 11) is 3.36. The predicted octanol–water partition coefficient (Wildman–Crippen LogP) is 0.837. The number of hydrogen-bond acceptors (Lipinski definition) is 8. The quantitative estimate of drug-likeness (QED) is 0.564. The molecule has 0 unspecified atom stereocenters. The molecule has 2 aromatic rings. The van der Waals surface area contributed by atoms with Gasteiger partial charge in [-0.05, 0) is 15.9 Å². The lowest BCUT2D eigenvalue weighted by atomic mass is 10.3. The van der Waals surface area contributed by atoms with Crippen LogP contribution in [0, 0.1) is 6.92 Å². The number of piperazine rings is 1. The standard InChI is InChI=1S/C15H21BrN8O2/c1-10-20-12(22-26-10)9-19-14(17-2)23-4-6-24(7-5-23)15-18-8-11(16)13(21-15)25-3/h8H,4-7,9H2,1-3H3,(H,17,19). The maximum Gasteiger partial charge on any atom is 0.232 e. The normalized spacial score (nSPS) is 15.3. The number of guanidine groups is 1. The smallest absolute Gasteiger partial charge is 0.232 e. The fourth-order valence-electron chi connectivity index (χ4n) is 2.66. The Morgan fingerprint density at radius 1 is 1.35 bits per heavy atom. The van der Waals surface area contributed by atoms with E-state index in [1.165, 1.54) is 0 Å². The maximum absolute atomic E-state index is 5.25. The number of anilines is 1. The molecule has 1 aliphatic rings. The van der Waals surface area contributed by atoms with E-state index in [2.05, 4.69) is 56.1 Å². The number of hydrogen-bond donors (Lipinski definition) is 1. The van der Waals surface area contributed by atoms with Gasteiger partial charge in [0, 0.05) is 40.2 Å². The summed E-state index contributed by atoms with van der Waals surface area (Å²) in [6.07, 6.45) is 1.71. The minimum atomic E-state index is 0.469. The van der Waals surface area contributed by atoms with E-state index in [0.29, 0.717) is 30.1 Å². The van der Waals surface area contributed by atoms with Crippen molar-refractivity contribution < 1.29 is 9.26 Å². The van der Waals surface area contributed by atoms with E-state index >= 15 is 0 Å². The molecule has 1 fully saturated rings. The van der Waals surface area contributed by atoms with Gasteiger partial charge in [0.2, 0.25) is 17.7 Å². The molecule has 0 aliphatic carbocycles. The molecule has 11 heteroatoms. The molecule has 0 atom stereocenters. The van der Waals surface area contributed by atoms with Crippen molar-refractivity contribution >= 4 is 27.8 Å². The molecule has 0 aromatic carbocycles. The molecule has 1 saturated heterocycles. The number of ether oxygens (including phenoxy) is 1. The van der Waals surface area contributed by atoms with Crippen molar-refractivity contribution in [3.8, 4) is 5.88 Å². The Morgan fingerprint density at radius 2 is 2.12 bits per heavy atom. The fraction of sp³-hybridized carbons (Fsp3) is 0.533. The monoisotopic (exact) mass is 424 g/mol. The largest absolute Gasteiger partial charge is 0.480 e. The number of halogens is 1. The van der Waals surface area contributed by atoms with Crippen molar-refractivity contribution in [3.05, 3.63) is 22.4 Å². The zero-order valence-corrected chi connectivity index (χ0v) is 16.5. The van der Waals surface area contributed by atoms with Gasteiger partial charge in [0.15, 0.2) is 11.8 Å². The molecule has 10 nitrogen and oxygen atoms in total. The van der Waals surface area contributed by atoms with E-state index in [-0.39, 0.29) is 0 Å². The molecule has 2 aromatic heterocycles. The highest BCUT2D eigenvalue weighted by Crippen LogP contribution is 2.23. The summed E-state index contributed by atoms with van der Waals surface area (Å²) in [6, 6.07) is 0. The minimum absolute atomic E-state index is 0.469. The third-order valence-electron chi connectivity index (χ3n) is 3.94. The van der Waals surface area contributed by atoms with Gasteiger partial charge >= 0.3 is 0 Å². The lowest BCUT2D eigenvalue weighted by Crippen LogP contribution is -2.52. The van der Waals surface area contributed by atoms with E-state index in [1.807, 2.05) is 0 Å². The highest BCUT2D eigenvalue weighted by atomic mass is 79.9. The Balaban J connectivity index is 1.56. The molecule has 1 N–H and O–H groups in total. The van der Waals surface area contributed by atoms with Crippen LogP contribution in [-0.4, -0.2) is 71.3 Å². The first-order valence-electron chi connectivity index (χ1n) is 8.17. The van der Waals surface area contributed by atoms with Crippen molar-refractivity contribution in [1.29, 1.82) is 0 Å². The first kappa shape index (κ1) is 18.4. The Hall–Kier alpha value is -2.43. The second-order valence-corrected chi connectivity index (χ2v) is 6.49. The van der Waals surface area contributed by atoms with Crippen LogP contribution in [-0.2, 0) is 6.54 Å². The summed E-state index contributed by atoms with van der Waals surface area (Å²) >= 11 is 3.37. The predicted molar refractivity (Wildman–Crippen MR) is 99.3 cm³/mol. The van der Waals surface area contributed by atoms with Crippen LogP contribution in [0.2, 0.25) is 0 Å². The highest BCUT2D eigenvalue weighted by molar-refractivity contribution is 9.10. The van der Waals surface area contributed by atoms with Gasteiger partial charge in [0.05, 0.1) is 24.3 Å². The van der Waals surface area contributed by atoms with Gasteiger partial charge in [-0.3, -0.25) is 4.99 Å². The molecule has 26 heavy (non-hydrogen) atoms. The fourth-order valence-corrected chi connectivity index (χ4v) is 3.01. The van der Waals surface area contributed by atoms with Gasteiger partial charge in [-0.1, -0.05) is 5.16 Å². The van der Waals surface area contributed by atoms with Crippen molar-refractivity contribution in [2.75, 3.05) is 45.2 Å². The molecule has 0 saturated carbocycles. The zero-order valence-electron chi connectivity index (χ0n) is 14.9. The Kier molecular flexibility index (Phi) is 5.86. The maximum atomic E-state index is 5.25. The summed E-state index contributed by atoms with van der Waals surface area (Å²) in [5.41, 5.74) is 0. The summed E-state index contributed by atoms with van der Waals surface area (Å²) in [5.74, 6) is 3.16. The number of aliphatic imine (C=N–C) groups is 1. The van der Waals surface area contributed by atoms with Crippen LogP contribution in [0.5, 0.6) is 5.88 Å². The number of rotatable bonds is 4. The van der Waals surface area contributed by atoms with Gasteiger partial charge in [-0.25, -0.2) is 4.98 Å². The number of aromatic nitrogens is 4. The summed E-state index contributed by atoms with van der Waals surface area (Å²) in [4.78, 5) is 21.6. The van der Waals surface area contributed by atoms with E-state index < -0.39 is 0 Å². The average Bonchev–Trinajstić information content (AvgIpc) is 3.08. The van der Waals surface area contributed by atoms with Gasteiger partial charge < -0.3 is 24.4 Å². The molecular formula is C15H21BrN8O2. The van der Waals surface area contributed by atoms with Crippen LogP contribution >= 0.6 is 15.9 Å². The van der Waals surface area contributed by atoms with Crippen LogP contribution < -0.4 is 15.0 Å². The topological polar surface area (TPSA) is 105 Å². The molecule has 0 bridgehead atoms. The molecule has 3 rings (SSSR count). The van der Waals surface area contributed by atoms with Crippen LogP contribution in [0.1, 0.15) is 11.7 Å². The average molecular weight is 425 g/mol. The molecule has 1 aliphatic heterocycles. The molecule has 3 heterocycles. The van der Waals surface area contributed by atoms with Crippen LogP contribution in [0.15, 0.2) is 20.2 Å². The van der Waals surface area contributed by atoms with Gasteiger partial charge in [-0.2, -0.15) is 9.97 Å². The summed E-state index contributed by atoms with van der Waals surface area (Å²) in [5, 5.41) is 7.14. The lowest BCUT2D eigenvalue weighted by Gasteiger charge is -2.36. The second kappa shape index (κ2) is 8.30. The number of nitrogens with zero attached hydrogens (tertiary/aromatic N) is 7. The van der Waals surface area contributed by atoms with Gasteiger partial charge in [-0.15, -0.1) is 0 Å². The Morgan fingerprint density at radius 3 is 2.73 bits per heavy atom. The minimum Gasteiger partial charge on any atom is -0.480 e. The Labute approximate surface area is 159 Å². The van der Waals surface area contributed by atoms with Crippen LogP contribution in [0.25, 0.3) is 0 Å². The van der Waals surface area contributed by atoms with E-state index in [0.717, 1.165) is 36.6 Å². The van der Waals surface area contributed by atoms with Crippen LogP contribution in [0.3, 0.4) is 0 Å². The van der Waals surface area contributed by atoms with Gasteiger partial charge in [0.1, 0.15) is 0 Å². The number of methoxy groups -OCH3 is 1. The molecule has 0 amide bonds. The third kappa shape index (κ3) is 4.21.